The van der Waals surface area contributed by atoms with Gasteiger partial charge in [-0.3, -0.25) is 4.79 Å². The first kappa shape index (κ1) is 15.4. The van der Waals surface area contributed by atoms with Gasteiger partial charge in [-0.25, -0.2) is 14.8 Å². The molecule has 2 aromatic rings. The number of aromatic nitrogens is 3. The fourth-order valence-corrected chi connectivity index (χ4v) is 1.98. The lowest BCUT2D eigenvalue weighted by atomic mass is 10.1. The van der Waals surface area contributed by atoms with Gasteiger partial charge in [0.25, 0.3) is 5.56 Å². The summed E-state index contributed by atoms with van der Waals surface area (Å²) in [6, 6.07) is 0.898. The highest BCUT2D eigenvalue weighted by Crippen LogP contribution is 2.28. The summed E-state index contributed by atoms with van der Waals surface area (Å²) in [5.74, 6) is -5.80. The molecule has 0 aromatic carbocycles. The van der Waals surface area contributed by atoms with Crippen LogP contribution in [-0.4, -0.2) is 33.8 Å². The summed E-state index contributed by atoms with van der Waals surface area (Å²) in [6.07, 6.45) is 3.04. The lowest BCUT2D eigenvalue weighted by Crippen LogP contribution is -2.34. The zero-order valence-corrected chi connectivity index (χ0v) is 12.0. The molecule has 2 rings (SSSR count). The highest BCUT2D eigenvalue weighted by molar-refractivity contribution is 7.98. The molecule has 0 aliphatic heterocycles. The number of alkyl halides is 2. The van der Waals surface area contributed by atoms with Gasteiger partial charge in [0.1, 0.15) is 5.65 Å². The van der Waals surface area contributed by atoms with Crippen molar-refractivity contribution in [2.45, 2.75) is 18.0 Å². The fourth-order valence-electron chi connectivity index (χ4n) is 1.64. The van der Waals surface area contributed by atoms with E-state index in [2.05, 4.69) is 19.7 Å². The predicted octanol–water partition coefficient (Wildman–Crippen LogP) is 1.69. The highest BCUT2D eigenvalue weighted by Gasteiger charge is 2.45. The van der Waals surface area contributed by atoms with Crippen LogP contribution in [0.3, 0.4) is 0 Å². The molecule has 0 bridgehead atoms. The number of carbonyl (C=O) groups excluding carboxylic acids is 1. The predicted molar refractivity (Wildman–Crippen MR) is 72.5 cm³/mol. The van der Waals surface area contributed by atoms with E-state index in [9.17, 15) is 18.4 Å². The second-order valence-corrected chi connectivity index (χ2v) is 4.74. The van der Waals surface area contributed by atoms with Gasteiger partial charge in [-0.05, 0) is 19.2 Å². The number of aromatic amines is 1. The summed E-state index contributed by atoms with van der Waals surface area (Å²) in [5, 5.41) is 0.592. The number of nitrogens with zero attached hydrogens (tertiary/aromatic N) is 2. The monoisotopic (exact) mass is 315 g/mol. The van der Waals surface area contributed by atoms with Crippen LogP contribution in [0.25, 0.3) is 11.0 Å². The maximum Gasteiger partial charge on any atom is 0.382 e. The third kappa shape index (κ3) is 2.87. The first-order chi connectivity index (χ1) is 9.90. The number of rotatable bonds is 4. The Morgan fingerprint density at radius 2 is 2.24 bits per heavy atom. The molecule has 112 valence electrons. The third-order valence-corrected chi connectivity index (χ3v) is 3.19. The van der Waals surface area contributed by atoms with Crippen molar-refractivity contribution in [3.8, 4) is 0 Å². The van der Waals surface area contributed by atoms with E-state index in [1.807, 2.05) is 0 Å². The van der Waals surface area contributed by atoms with Crippen LogP contribution in [0.1, 0.15) is 12.5 Å². The summed E-state index contributed by atoms with van der Waals surface area (Å²) in [4.78, 5) is 33.2. The van der Waals surface area contributed by atoms with Gasteiger partial charge >= 0.3 is 11.9 Å². The topological polar surface area (TPSA) is 84.9 Å². The van der Waals surface area contributed by atoms with E-state index < -0.39 is 23.0 Å². The molecule has 0 fully saturated rings. The standard InChI is InChI=1S/C12H11F2N3O3S/c1-3-20-10(19)12(13,14)7-4-6-5-15-11(21-2)17-8(6)16-9(7)18/h4-5H,3H2,1-2H3,(H,15,16,17,18). The summed E-state index contributed by atoms with van der Waals surface area (Å²) in [7, 11) is 0. The number of carbonyl (C=O) groups is 1. The number of hydrogen-bond acceptors (Lipinski definition) is 6. The van der Waals surface area contributed by atoms with E-state index in [1.54, 1.807) is 6.26 Å². The van der Waals surface area contributed by atoms with Crippen molar-refractivity contribution >= 4 is 28.8 Å². The Labute approximate surface area is 121 Å². The minimum atomic E-state index is -4.03. The molecule has 0 aliphatic rings. The second kappa shape index (κ2) is 5.76. The van der Waals surface area contributed by atoms with Crippen molar-refractivity contribution in [1.29, 1.82) is 0 Å². The van der Waals surface area contributed by atoms with Crippen molar-refractivity contribution in [3.05, 3.63) is 28.2 Å². The highest BCUT2D eigenvalue weighted by atomic mass is 32.2. The lowest BCUT2D eigenvalue weighted by molar-refractivity contribution is -0.173. The van der Waals surface area contributed by atoms with E-state index in [0.29, 0.717) is 5.16 Å². The van der Waals surface area contributed by atoms with Gasteiger partial charge in [0.2, 0.25) is 0 Å². The molecule has 21 heavy (non-hydrogen) atoms. The smallest absolute Gasteiger partial charge is 0.382 e. The van der Waals surface area contributed by atoms with Gasteiger partial charge in [0.05, 0.1) is 12.2 Å². The zero-order valence-electron chi connectivity index (χ0n) is 11.1. The number of esters is 1. The van der Waals surface area contributed by atoms with Crippen molar-refractivity contribution in [2.75, 3.05) is 12.9 Å². The van der Waals surface area contributed by atoms with E-state index in [-0.39, 0.29) is 17.6 Å². The second-order valence-electron chi connectivity index (χ2n) is 3.97. The SMILES string of the molecule is CCOC(=O)C(F)(F)c1cc2cnc(SC)nc2[nH]c1=O. The van der Waals surface area contributed by atoms with E-state index in [1.165, 1.54) is 24.9 Å². The Balaban J connectivity index is 2.58. The van der Waals surface area contributed by atoms with Gasteiger partial charge in [-0.15, -0.1) is 0 Å². The van der Waals surface area contributed by atoms with Gasteiger partial charge in [0.15, 0.2) is 5.16 Å². The number of thioether (sulfide) groups is 1. The Kier molecular flexibility index (Phi) is 4.21. The van der Waals surface area contributed by atoms with E-state index >= 15 is 0 Å². The summed E-state index contributed by atoms with van der Waals surface area (Å²) in [5.41, 5.74) is -1.96. The van der Waals surface area contributed by atoms with E-state index in [0.717, 1.165) is 6.07 Å². The molecule has 9 heteroatoms. The maximum atomic E-state index is 13.9. The number of halogens is 2. The van der Waals surface area contributed by atoms with Crippen molar-refractivity contribution in [1.82, 2.24) is 15.0 Å². The molecule has 0 radical (unpaired) electrons. The van der Waals surface area contributed by atoms with Crippen LogP contribution in [0.2, 0.25) is 0 Å². The number of pyridine rings is 1. The average molecular weight is 315 g/mol. The maximum absolute atomic E-state index is 13.9. The van der Waals surface area contributed by atoms with Crippen molar-refractivity contribution in [3.63, 3.8) is 0 Å². The van der Waals surface area contributed by atoms with Gasteiger partial charge in [-0.1, -0.05) is 11.8 Å². The quantitative estimate of drug-likeness (QED) is 0.525. The summed E-state index contributed by atoms with van der Waals surface area (Å²) >= 11 is 1.24. The lowest BCUT2D eigenvalue weighted by Gasteiger charge is -2.14. The Bertz CT molecular complexity index is 748. The van der Waals surface area contributed by atoms with Crippen LogP contribution < -0.4 is 5.56 Å². The van der Waals surface area contributed by atoms with E-state index in [4.69, 9.17) is 0 Å². The molecule has 0 amide bonds. The molecule has 0 spiro atoms. The molecule has 2 heterocycles. The van der Waals surface area contributed by atoms with Crippen LogP contribution >= 0.6 is 11.8 Å². The molecular formula is C12H11F2N3O3S. The zero-order chi connectivity index (χ0) is 15.6. The van der Waals surface area contributed by atoms with Gasteiger partial charge in [-0.2, -0.15) is 8.78 Å². The minimum absolute atomic E-state index is 0.128. The summed E-state index contributed by atoms with van der Waals surface area (Å²) < 4.78 is 32.2. The van der Waals surface area contributed by atoms with Crippen LogP contribution in [0.15, 0.2) is 22.2 Å². The molecular weight excluding hydrogens is 304 g/mol. The molecule has 0 atom stereocenters. The Morgan fingerprint density at radius 1 is 1.52 bits per heavy atom. The molecule has 0 saturated heterocycles. The third-order valence-electron chi connectivity index (χ3n) is 2.62. The van der Waals surface area contributed by atoms with Crippen molar-refractivity contribution < 1.29 is 18.3 Å². The molecule has 0 aliphatic carbocycles. The number of fused-ring (bicyclic) bond motifs is 1. The molecule has 0 saturated carbocycles. The van der Waals surface area contributed by atoms with Crippen molar-refractivity contribution in [2.24, 2.45) is 0 Å². The van der Waals surface area contributed by atoms with Gasteiger partial charge in [0, 0.05) is 11.6 Å². The number of ether oxygens (including phenoxy) is 1. The summed E-state index contributed by atoms with van der Waals surface area (Å²) in [6.45, 7) is 1.19. The van der Waals surface area contributed by atoms with Crippen LogP contribution in [-0.2, 0) is 15.5 Å². The molecule has 1 N–H and O–H groups in total. The van der Waals surface area contributed by atoms with Gasteiger partial charge < -0.3 is 9.72 Å². The van der Waals surface area contributed by atoms with Crippen LogP contribution in [0, 0.1) is 0 Å². The first-order valence-electron chi connectivity index (χ1n) is 5.89. The number of H-pyrrole nitrogens is 1. The molecule has 0 unspecified atom stereocenters. The largest absolute Gasteiger partial charge is 0.461 e. The average Bonchev–Trinajstić information content (AvgIpc) is 2.45. The Hall–Kier alpha value is -2.03. The fraction of sp³-hybridized carbons (Fsp3) is 0.333. The van der Waals surface area contributed by atoms with Crippen LogP contribution in [0.5, 0.6) is 0 Å². The first-order valence-corrected chi connectivity index (χ1v) is 7.12. The van der Waals surface area contributed by atoms with Crippen LogP contribution in [0.4, 0.5) is 8.78 Å². The Morgan fingerprint density at radius 3 is 2.86 bits per heavy atom. The number of hydrogen-bond donors (Lipinski definition) is 1. The number of nitrogens with one attached hydrogen (secondary N) is 1. The molecule has 6 nitrogen and oxygen atoms in total. The minimum Gasteiger partial charge on any atom is -0.461 e. The molecule has 2 aromatic heterocycles. The normalized spacial score (nSPS) is 11.6.